The largest absolute Gasteiger partial charge is 0.497 e. The fourth-order valence-corrected chi connectivity index (χ4v) is 7.12. The Morgan fingerprint density at radius 1 is 0.564 bits per heavy atom. The molecule has 0 atom stereocenters. The van der Waals surface area contributed by atoms with Crippen molar-refractivity contribution >= 4 is 33.8 Å². The zero-order chi connectivity index (χ0) is 28.3. The predicted molar refractivity (Wildman–Crippen MR) is 144 cm³/mol. The maximum absolute atomic E-state index is 15.4. The lowest BCUT2D eigenvalue weighted by Crippen LogP contribution is -2.48. The molecule has 10 heteroatoms. The first-order chi connectivity index (χ1) is 18.3. The second-order valence-corrected chi connectivity index (χ2v) is 11.3. The molecule has 0 N–H and O–H groups in total. The third kappa shape index (κ3) is 4.15. The molecule has 0 unspecified atom stereocenters. The molecule has 2 heterocycles. The van der Waals surface area contributed by atoms with Crippen molar-refractivity contribution in [2.24, 2.45) is 0 Å². The fraction of sp³-hybridized carbons (Fsp3) is 0.241. The van der Waals surface area contributed by atoms with Crippen molar-refractivity contribution in [3.8, 4) is 32.4 Å². The molecule has 1 aliphatic rings. The van der Waals surface area contributed by atoms with Gasteiger partial charge in [0.15, 0.2) is 0 Å². The number of alkyl halides is 6. The summed E-state index contributed by atoms with van der Waals surface area (Å²) in [7, 11) is 2.98. The van der Waals surface area contributed by atoms with Crippen LogP contribution in [0.5, 0.6) is 11.5 Å². The van der Waals surface area contributed by atoms with Crippen molar-refractivity contribution in [3.05, 3.63) is 81.5 Å². The van der Waals surface area contributed by atoms with Crippen LogP contribution >= 0.6 is 22.7 Å². The van der Waals surface area contributed by atoms with Crippen LogP contribution in [-0.2, 0) is 0 Å². The molecule has 0 bridgehead atoms. The Labute approximate surface area is 229 Å². The highest BCUT2D eigenvalue weighted by atomic mass is 32.1. The average molecular weight is 581 g/mol. The number of halogens is 6. The molecule has 2 nitrogen and oxygen atoms in total. The molecule has 1 aliphatic carbocycles. The average Bonchev–Trinajstić information content (AvgIpc) is 3.51. The minimum atomic E-state index is -5.61. The predicted octanol–water partition coefficient (Wildman–Crippen LogP) is 9.61. The van der Waals surface area contributed by atoms with E-state index in [0.717, 1.165) is 22.7 Å². The lowest BCUT2D eigenvalue weighted by molar-refractivity contribution is -0.254. The Hall–Kier alpha value is -3.24. The number of benzene rings is 2. The zero-order valence-electron chi connectivity index (χ0n) is 21.2. The monoisotopic (exact) mass is 580 g/mol. The Balaban J connectivity index is 1.72. The molecule has 4 aromatic rings. The summed E-state index contributed by atoms with van der Waals surface area (Å²) in [5.41, 5.74) is -1.01. The Kier molecular flexibility index (Phi) is 6.62. The van der Waals surface area contributed by atoms with Gasteiger partial charge in [-0.1, -0.05) is 0 Å². The normalized spacial score (nSPS) is 17.5. The van der Waals surface area contributed by atoms with Gasteiger partial charge < -0.3 is 9.47 Å². The summed E-state index contributed by atoms with van der Waals surface area (Å²) in [6.07, 6.45) is 0. The summed E-state index contributed by atoms with van der Waals surface area (Å²) in [4.78, 5) is 0.370. The van der Waals surface area contributed by atoms with Gasteiger partial charge in [0, 0.05) is 19.5 Å². The fourth-order valence-electron chi connectivity index (χ4n) is 4.59. The second-order valence-electron chi connectivity index (χ2n) is 9.18. The van der Waals surface area contributed by atoms with E-state index in [-0.39, 0.29) is 20.9 Å². The summed E-state index contributed by atoms with van der Waals surface area (Å²) < 4.78 is 102. The summed E-state index contributed by atoms with van der Waals surface area (Å²) in [5.74, 6) is -14.7. The van der Waals surface area contributed by atoms with Crippen molar-refractivity contribution in [3.63, 3.8) is 0 Å². The van der Waals surface area contributed by atoms with E-state index in [1.807, 2.05) is 0 Å². The van der Waals surface area contributed by atoms with Crippen LogP contribution in [0.25, 0.3) is 32.0 Å². The van der Waals surface area contributed by atoms with Crippen LogP contribution in [0.4, 0.5) is 26.3 Å². The van der Waals surface area contributed by atoms with E-state index in [2.05, 4.69) is 0 Å². The summed E-state index contributed by atoms with van der Waals surface area (Å²) in [6.45, 7) is 2.91. The molecule has 5 rings (SSSR count). The number of rotatable bonds is 6. The number of ether oxygens (including phenoxy) is 2. The van der Waals surface area contributed by atoms with Crippen LogP contribution in [0.3, 0.4) is 0 Å². The smallest absolute Gasteiger partial charge is 0.380 e. The maximum atomic E-state index is 15.4. The highest BCUT2D eigenvalue weighted by Crippen LogP contribution is 2.66. The van der Waals surface area contributed by atoms with Gasteiger partial charge in [-0.2, -0.15) is 26.3 Å². The van der Waals surface area contributed by atoms with Crippen molar-refractivity contribution < 1.29 is 35.8 Å². The SMILES string of the molecule is COc1ccc(-c2cc(C)c(C3=C(c4sc(-c5ccc(OC)cc5)cc4C)C(F)(F)C(F)(F)C3(F)F)s2)cc1. The highest BCUT2D eigenvalue weighted by molar-refractivity contribution is 7.18. The molecule has 39 heavy (non-hydrogen) atoms. The molecule has 0 spiro atoms. The van der Waals surface area contributed by atoms with E-state index >= 15 is 17.6 Å². The van der Waals surface area contributed by atoms with Crippen LogP contribution in [0.2, 0.25) is 0 Å². The number of hydrogen-bond acceptors (Lipinski definition) is 4. The van der Waals surface area contributed by atoms with E-state index in [1.165, 1.54) is 28.1 Å². The zero-order valence-corrected chi connectivity index (χ0v) is 22.8. The van der Waals surface area contributed by atoms with Crippen LogP contribution in [0.1, 0.15) is 20.9 Å². The second kappa shape index (κ2) is 9.45. The number of thiophene rings is 2. The first kappa shape index (κ1) is 27.3. The Bertz CT molecular complexity index is 1450. The van der Waals surface area contributed by atoms with Crippen molar-refractivity contribution in [1.29, 1.82) is 0 Å². The third-order valence-corrected chi connectivity index (χ3v) is 9.31. The third-order valence-electron chi connectivity index (χ3n) is 6.71. The van der Waals surface area contributed by atoms with Gasteiger partial charge in [0.05, 0.1) is 25.4 Å². The Morgan fingerprint density at radius 3 is 1.21 bits per heavy atom. The molecule has 0 aliphatic heterocycles. The number of aryl methyl sites for hydroxylation is 2. The number of allylic oxidation sites excluding steroid dienone is 2. The molecule has 204 valence electrons. The van der Waals surface area contributed by atoms with Crippen LogP contribution in [0.15, 0.2) is 60.7 Å². The number of methoxy groups -OCH3 is 2. The molecular formula is C29H22F6O2S2. The molecule has 0 radical (unpaired) electrons. The van der Waals surface area contributed by atoms with E-state index in [0.29, 0.717) is 32.4 Å². The molecule has 0 fully saturated rings. The first-order valence-electron chi connectivity index (χ1n) is 11.7. The molecule has 0 amide bonds. The topological polar surface area (TPSA) is 18.5 Å². The van der Waals surface area contributed by atoms with Crippen molar-refractivity contribution in [2.45, 2.75) is 31.6 Å². The maximum Gasteiger partial charge on any atom is 0.380 e. The van der Waals surface area contributed by atoms with Gasteiger partial charge in [-0.05, 0) is 96.8 Å². The lowest BCUT2D eigenvalue weighted by Gasteiger charge is -2.25. The molecule has 2 aromatic carbocycles. The standard InChI is InChI=1S/C29H22F6O2S2/c1-15-13-21(17-5-9-19(36-3)10-6-17)38-25(15)23-24(28(32,33)29(34,35)27(23,30)31)26-16(2)14-22(39-26)18-7-11-20(37-4)12-8-18/h5-14H,1-4H3. The molecule has 2 aromatic heterocycles. The van der Waals surface area contributed by atoms with Gasteiger partial charge in [0.1, 0.15) is 11.5 Å². The van der Waals surface area contributed by atoms with Gasteiger partial charge in [0.25, 0.3) is 0 Å². The minimum Gasteiger partial charge on any atom is -0.497 e. The molecule has 0 saturated heterocycles. The van der Waals surface area contributed by atoms with Crippen molar-refractivity contribution in [1.82, 2.24) is 0 Å². The van der Waals surface area contributed by atoms with Gasteiger partial charge in [-0.25, -0.2) is 0 Å². The molecular weight excluding hydrogens is 558 g/mol. The highest BCUT2D eigenvalue weighted by Gasteiger charge is 2.80. The van der Waals surface area contributed by atoms with Gasteiger partial charge in [0.2, 0.25) is 0 Å². The lowest BCUT2D eigenvalue weighted by atomic mass is 10.0. The quantitative estimate of drug-likeness (QED) is 0.212. The van der Waals surface area contributed by atoms with E-state index in [1.54, 1.807) is 60.7 Å². The van der Waals surface area contributed by atoms with E-state index < -0.39 is 28.9 Å². The van der Waals surface area contributed by atoms with E-state index in [9.17, 15) is 8.78 Å². The minimum absolute atomic E-state index is 0.205. The number of hydrogen-bond donors (Lipinski definition) is 0. The van der Waals surface area contributed by atoms with Gasteiger partial charge in [-0.15, -0.1) is 22.7 Å². The van der Waals surface area contributed by atoms with Crippen LogP contribution in [-0.4, -0.2) is 32.0 Å². The van der Waals surface area contributed by atoms with Crippen molar-refractivity contribution in [2.75, 3.05) is 14.2 Å². The summed E-state index contributed by atoms with van der Waals surface area (Å²) in [6, 6.07) is 16.5. The summed E-state index contributed by atoms with van der Waals surface area (Å²) >= 11 is 1.57. The molecule has 0 saturated carbocycles. The Morgan fingerprint density at radius 2 is 0.897 bits per heavy atom. The first-order valence-corrected chi connectivity index (χ1v) is 13.4. The summed E-state index contributed by atoms with van der Waals surface area (Å²) in [5, 5.41) is 0. The van der Waals surface area contributed by atoms with Crippen LogP contribution in [0, 0.1) is 13.8 Å². The van der Waals surface area contributed by atoms with Gasteiger partial charge in [-0.3, -0.25) is 0 Å². The van der Waals surface area contributed by atoms with E-state index in [4.69, 9.17) is 9.47 Å². The van der Waals surface area contributed by atoms with Crippen LogP contribution < -0.4 is 9.47 Å². The van der Waals surface area contributed by atoms with Gasteiger partial charge >= 0.3 is 17.8 Å².